The minimum absolute atomic E-state index is 0.181. The van der Waals surface area contributed by atoms with Gasteiger partial charge in [0.25, 0.3) is 0 Å². The number of aromatic nitrogens is 10. The third kappa shape index (κ3) is 7.86. The molecule has 0 saturated carbocycles. The highest BCUT2D eigenvalue weighted by molar-refractivity contribution is 7.69. The standard InChI is InChI=1S/C24H28N10O19P4/c35-15-11(49-23(17(15)37)33-9-27-13-19-25-1-3-31(19)7-29-21(13)33)5-47-54(39,40)51-56(43,44)53-57(45,46)52-55(41,42)48-6-12-16(36)18(38)24(50-12)34-10-28-14-20-26-2-4-32(20)8-30-22(14)34/h1-4,7-12,15-18,23-24,35-38H,5-6H2,(H,39,40)(H,41,42)(H,43,44)(H,45,46). The van der Waals surface area contributed by atoms with Gasteiger partial charge in [-0.05, 0) is 0 Å². The third-order valence-corrected chi connectivity index (χ3v) is 14.5. The topological polar surface area (TPSA) is 391 Å². The summed E-state index contributed by atoms with van der Waals surface area (Å²) in [5.74, 6) is 0. The Balaban J connectivity index is 0.845. The first-order chi connectivity index (χ1) is 26.8. The van der Waals surface area contributed by atoms with E-state index in [-0.39, 0.29) is 11.3 Å². The molecule has 0 aromatic carbocycles. The minimum Gasteiger partial charge on any atom is -0.387 e. The highest BCUT2D eigenvalue weighted by atomic mass is 31.3. The van der Waals surface area contributed by atoms with Gasteiger partial charge in [-0.2, -0.15) is 12.9 Å². The molecule has 57 heavy (non-hydrogen) atoms. The van der Waals surface area contributed by atoms with Crippen LogP contribution in [0.15, 0.2) is 50.1 Å². The van der Waals surface area contributed by atoms with E-state index in [0.717, 1.165) is 0 Å². The molecule has 2 fully saturated rings. The van der Waals surface area contributed by atoms with Crippen molar-refractivity contribution in [3.05, 3.63) is 50.1 Å². The molecular formula is C24H28N10O19P4. The molecule has 0 spiro atoms. The molecule has 8 N–H and O–H groups in total. The largest absolute Gasteiger partial charge is 0.490 e. The summed E-state index contributed by atoms with van der Waals surface area (Å²) in [6.45, 7) is -2.18. The second-order valence-corrected chi connectivity index (χ2v) is 18.5. The number of nitrogens with zero attached hydrogens (tertiary/aromatic N) is 10. The van der Waals surface area contributed by atoms with Crippen LogP contribution in [0.4, 0.5) is 0 Å². The predicted molar refractivity (Wildman–Crippen MR) is 179 cm³/mol. The summed E-state index contributed by atoms with van der Waals surface area (Å²) in [5.41, 5.74) is 1.80. The molecule has 2 aliphatic heterocycles. The van der Waals surface area contributed by atoms with Crippen LogP contribution in [0.3, 0.4) is 0 Å². The van der Waals surface area contributed by atoms with Crippen molar-refractivity contribution >= 4 is 64.9 Å². The van der Waals surface area contributed by atoms with Gasteiger partial charge >= 0.3 is 31.3 Å². The van der Waals surface area contributed by atoms with E-state index in [2.05, 4.69) is 51.9 Å². The molecule has 6 aromatic rings. The normalized spacial score (nSPS) is 29.9. The van der Waals surface area contributed by atoms with Gasteiger partial charge < -0.3 is 49.5 Å². The Morgan fingerprint density at radius 3 is 1.32 bits per heavy atom. The second kappa shape index (κ2) is 14.6. The summed E-state index contributed by atoms with van der Waals surface area (Å²) < 4.78 is 87.6. The number of phosphoric acid groups is 4. The molecule has 2 aliphatic rings. The van der Waals surface area contributed by atoms with E-state index in [4.69, 9.17) is 9.47 Å². The number of phosphoric ester groups is 2. The van der Waals surface area contributed by atoms with Gasteiger partial charge in [-0.15, -0.1) is 0 Å². The molecule has 308 valence electrons. The first-order valence-electron chi connectivity index (χ1n) is 15.9. The average Bonchev–Trinajstić information content (AvgIpc) is 3.97. The average molecular weight is 884 g/mol. The van der Waals surface area contributed by atoms with Crippen molar-refractivity contribution in [1.82, 2.24) is 47.8 Å². The lowest BCUT2D eigenvalue weighted by atomic mass is 10.1. The molecule has 0 amide bonds. The zero-order valence-corrected chi connectivity index (χ0v) is 31.6. The first kappa shape index (κ1) is 40.3. The van der Waals surface area contributed by atoms with Crippen LogP contribution in [0.1, 0.15) is 12.5 Å². The van der Waals surface area contributed by atoms with E-state index in [1.165, 1.54) is 46.8 Å². The number of aliphatic hydroxyl groups excluding tert-OH is 4. The smallest absolute Gasteiger partial charge is 0.387 e. The second-order valence-electron chi connectivity index (χ2n) is 12.3. The van der Waals surface area contributed by atoms with Crippen molar-refractivity contribution in [2.45, 2.75) is 49.1 Å². The molecule has 6 aromatic heterocycles. The number of hydrogen-bond donors (Lipinski definition) is 8. The molecular weight excluding hydrogens is 856 g/mol. The minimum atomic E-state index is -6.19. The Labute approximate surface area is 314 Å². The Morgan fingerprint density at radius 1 is 0.526 bits per heavy atom. The van der Waals surface area contributed by atoms with Gasteiger partial charge in [0.1, 0.15) is 49.3 Å². The molecule has 33 heteroatoms. The van der Waals surface area contributed by atoms with Crippen molar-refractivity contribution in [2.75, 3.05) is 13.2 Å². The van der Waals surface area contributed by atoms with Gasteiger partial charge in [0.15, 0.2) is 46.1 Å². The monoisotopic (exact) mass is 884 g/mol. The fourth-order valence-electron chi connectivity index (χ4n) is 6.06. The van der Waals surface area contributed by atoms with Crippen LogP contribution in [-0.4, -0.2) is 138 Å². The van der Waals surface area contributed by atoms with E-state index < -0.39 is 93.6 Å². The third-order valence-electron chi connectivity index (χ3n) is 8.55. The summed E-state index contributed by atoms with van der Waals surface area (Å²) in [6, 6.07) is 0. The van der Waals surface area contributed by atoms with Crippen LogP contribution >= 0.6 is 31.3 Å². The van der Waals surface area contributed by atoms with Crippen molar-refractivity contribution in [3.63, 3.8) is 0 Å². The fraction of sp³-hybridized carbons (Fsp3) is 0.417. The Bertz CT molecular complexity index is 2490. The summed E-state index contributed by atoms with van der Waals surface area (Å²) in [5, 5.41) is 42.3. The molecule has 8 rings (SSSR count). The summed E-state index contributed by atoms with van der Waals surface area (Å²) in [7, 11) is -23.9. The van der Waals surface area contributed by atoms with Crippen LogP contribution in [0, 0.1) is 0 Å². The molecule has 0 bridgehead atoms. The van der Waals surface area contributed by atoms with Crippen molar-refractivity contribution in [3.8, 4) is 0 Å². The summed E-state index contributed by atoms with van der Waals surface area (Å²) in [4.78, 5) is 65.1. The lowest BCUT2D eigenvalue weighted by molar-refractivity contribution is -0.0505. The van der Waals surface area contributed by atoms with E-state index in [0.29, 0.717) is 22.3 Å². The molecule has 0 radical (unpaired) electrons. The maximum absolute atomic E-state index is 12.5. The number of rotatable bonds is 14. The zero-order valence-electron chi connectivity index (χ0n) is 28.0. The number of aliphatic hydroxyl groups is 4. The number of imidazole rings is 4. The quantitative estimate of drug-likeness (QED) is 0.0601. The Hall–Kier alpha value is -3.50. The van der Waals surface area contributed by atoms with Gasteiger partial charge in [-0.1, -0.05) is 0 Å². The van der Waals surface area contributed by atoms with Gasteiger partial charge in [-0.25, -0.2) is 48.2 Å². The lowest BCUT2D eigenvalue weighted by Gasteiger charge is -2.21. The SMILES string of the molecule is O=P(O)(OCC1OC(n2cnc3c2ncn2ccnc32)C(O)C1O)OP(=O)(O)OP(=O)(O)OP(=O)(O)OCC1OC(n2cnc3c2ncn2ccnc32)C(O)C1O. The molecule has 0 aliphatic carbocycles. The first-order valence-corrected chi connectivity index (χ1v) is 21.9. The summed E-state index contributed by atoms with van der Waals surface area (Å²) in [6.07, 6.45) is -1.39. The van der Waals surface area contributed by atoms with E-state index in [9.17, 15) is 58.3 Å². The van der Waals surface area contributed by atoms with Crippen LogP contribution in [0.25, 0.3) is 33.6 Å². The molecule has 12 atom stereocenters. The Morgan fingerprint density at radius 2 is 0.912 bits per heavy atom. The highest BCUT2D eigenvalue weighted by Crippen LogP contribution is 2.71. The molecule has 12 unspecified atom stereocenters. The van der Waals surface area contributed by atoms with Crippen LogP contribution in [0.5, 0.6) is 0 Å². The van der Waals surface area contributed by atoms with Gasteiger partial charge in [-0.3, -0.25) is 27.0 Å². The maximum atomic E-state index is 12.5. The predicted octanol–water partition coefficient (Wildman–Crippen LogP) is -1.11. The van der Waals surface area contributed by atoms with E-state index >= 15 is 0 Å². The Kier molecular flexibility index (Phi) is 10.4. The fourth-order valence-corrected chi connectivity index (χ4v) is 11.0. The summed E-state index contributed by atoms with van der Waals surface area (Å²) >= 11 is 0. The van der Waals surface area contributed by atoms with E-state index in [1.54, 1.807) is 21.2 Å². The zero-order chi connectivity index (χ0) is 40.7. The maximum Gasteiger partial charge on any atom is 0.490 e. The van der Waals surface area contributed by atoms with Gasteiger partial charge in [0, 0.05) is 24.8 Å². The van der Waals surface area contributed by atoms with Crippen LogP contribution in [-0.2, 0) is 49.7 Å². The van der Waals surface area contributed by atoms with Crippen LogP contribution in [0.2, 0.25) is 0 Å². The highest BCUT2D eigenvalue weighted by Gasteiger charge is 2.50. The number of fused-ring (bicyclic) bond motifs is 6. The molecule has 2 saturated heterocycles. The molecule has 29 nitrogen and oxygen atoms in total. The lowest BCUT2D eigenvalue weighted by Crippen LogP contribution is -2.33. The number of ether oxygens (including phenoxy) is 2. The van der Waals surface area contributed by atoms with Crippen molar-refractivity contribution < 1.29 is 89.7 Å². The van der Waals surface area contributed by atoms with Crippen LogP contribution < -0.4 is 0 Å². The number of hydrogen-bond acceptors (Lipinski definition) is 21. The van der Waals surface area contributed by atoms with Crippen molar-refractivity contribution in [1.29, 1.82) is 0 Å². The van der Waals surface area contributed by atoms with Gasteiger partial charge in [0.2, 0.25) is 0 Å². The van der Waals surface area contributed by atoms with Gasteiger partial charge in [0.05, 0.1) is 25.9 Å². The van der Waals surface area contributed by atoms with E-state index in [1.807, 2.05) is 0 Å². The van der Waals surface area contributed by atoms with Crippen molar-refractivity contribution in [2.24, 2.45) is 0 Å². The molecule has 8 heterocycles.